The molecule has 1 aliphatic heterocycles. The topological polar surface area (TPSA) is 112 Å². The molecule has 6 rings (SSSR count). The van der Waals surface area contributed by atoms with Gasteiger partial charge in [0.1, 0.15) is 23.9 Å². The third-order valence-corrected chi connectivity index (χ3v) is 8.61. The van der Waals surface area contributed by atoms with Crippen molar-refractivity contribution in [3.63, 3.8) is 0 Å². The Labute approximate surface area is 265 Å². The lowest BCUT2D eigenvalue weighted by Crippen LogP contribution is -2.48. The zero-order valence-corrected chi connectivity index (χ0v) is 25.7. The quantitative estimate of drug-likeness (QED) is 0.222. The maximum absolute atomic E-state index is 12.4. The second kappa shape index (κ2) is 13.7. The van der Waals surface area contributed by atoms with Crippen LogP contribution in [0.2, 0.25) is 0 Å². The van der Waals surface area contributed by atoms with Gasteiger partial charge in [0.2, 0.25) is 5.95 Å². The number of aryl methyl sites for hydroxylation is 1. The summed E-state index contributed by atoms with van der Waals surface area (Å²) in [5.74, 6) is 1.69. The molecule has 2 atom stereocenters. The number of benzene rings is 2. The van der Waals surface area contributed by atoms with Crippen LogP contribution < -0.4 is 20.1 Å². The van der Waals surface area contributed by atoms with Gasteiger partial charge in [-0.2, -0.15) is 4.98 Å². The van der Waals surface area contributed by atoms with Crippen molar-refractivity contribution in [2.75, 3.05) is 63.2 Å². The highest BCUT2D eigenvalue weighted by Gasteiger charge is 2.44. The van der Waals surface area contributed by atoms with E-state index < -0.39 is 6.36 Å². The van der Waals surface area contributed by atoms with Crippen molar-refractivity contribution in [1.29, 1.82) is 0 Å². The van der Waals surface area contributed by atoms with Gasteiger partial charge in [0.05, 0.1) is 31.4 Å². The van der Waals surface area contributed by atoms with Crippen LogP contribution in [0.15, 0.2) is 42.5 Å². The van der Waals surface area contributed by atoms with Crippen LogP contribution in [-0.2, 0) is 33.7 Å². The molecule has 1 saturated carbocycles. The van der Waals surface area contributed by atoms with Crippen molar-refractivity contribution in [2.45, 2.75) is 39.2 Å². The lowest BCUT2D eigenvalue weighted by molar-refractivity contribution is -0.274. The van der Waals surface area contributed by atoms with Crippen molar-refractivity contribution in [2.24, 2.45) is 11.8 Å². The standard InChI is InChI=1S/C33H38F3N5O5/c1-2-44-31(42)28-18-23(28)20-43-16-15-40-11-13-41(14-12-40)30-27-9-5-22-17-25(8-10-26(22)29(27)38-32(37)39-30)45-19-21-3-6-24(7-4-21)46-33(34,35)36/h3-4,6-8,10,17,23,28H,2,5,9,11-16,18-20H2,1H3,(H2,37,38,39). The van der Waals surface area contributed by atoms with E-state index in [0.29, 0.717) is 25.6 Å². The summed E-state index contributed by atoms with van der Waals surface area (Å²) in [6, 6.07) is 11.5. The van der Waals surface area contributed by atoms with Gasteiger partial charge < -0.3 is 29.6 Å². The number of hydrogen-bond donors (Lipinski definition) is 1. The highest BCUT2D eigenvalue weighted by atomic mass is 19.4. The minimum absolute atomic E-state index is 0.00141. The monoisotopic (exact) mass is 641 g/mol. The molecule has 3 aromatic rings. The first-order valence-corrected chi connectivity index (χ1v) is 15.7. The molecule has 0 radical (unpaired) electrons. The smallest absolute Gasteiger partial charge is 0.489 e. The van der Waals surface area contributed by atoms with E-state index in [2.05, 4.69) is 24.5 Å². The molecule has 2 heterocycles. The average molecular weight is 642 g/mol. The fourth-order valence-corrected chi connectivity index (χ4v) is 6.10. The molecule has 13 heteroatoms. The van der Waals surface area contributed by atoms with Crippen molar-refractivity contribution in [3.05, 3.63) is 59.2 Å². The first-order valence-electron chi connectivity index (χ1n) is 15.7. The number of carbonyl (C=O) groups excluding carboxylic acids is 1. The van der Waals surface area contributed by atoms with Crippen molar-refractivity contribution >= 4 is 17.7 Å². The molecular formula is C33H38F3N5O5. The lowest BCUT2D eigenvalue weighted by atomic mass is 9.88. The van der Waals surface area contributed by atoms with E-state index in [1.807, 2.05) is 25.1 Å². The summed E-state index contributed by atoms with van der Waals surface area (Å²) in [7, 11) is 0. The first-order chi connectivity index (χ1) is 22.2. The van der Waals surface area contributed by atoms with Gasteiger partial charge in [0.15, 0.2) is 0 Å². The number of nitrogens with two attached hydrogens (primary N) is 1. The maximum atomic E-state index is 12.4. The Hall–Kier alpha value is -4.10. The fourth-order valence-electron chi connectivity index (χ4n) is 6.10. The number of alkyl halides is 3. The summed E-state index contributed by atoms with van der Waals surface area (Å²) in [6.45, 7) is 7.92. The molecule has 1 aromatic heterocycles. The zero-order chi connectivity index (χ0) is 32.3. The predicted molar refractivity (Wildman–Crippen MR) is 164 cm³/mol. The van der Waals surface area contributed by atoms with E-state index in [-0.39, 0.29) is 36.1 Å². The Kier molecular flexibility index (Phi) is 9.50. The normalized spacial score (nSPS) is 19.3. The van der Waals surface area contributed by atoms with E-state index in [1.54, 1.807) is 12.1 Å². The molecule has 0 bridgehead atoms. The highest BCUT2D eigenvalue weighted by molar-refractivity contribution is 5.76. The third-order valence-electron chi connectivity index (χ3n) is 8.61. The first kappa shape index (κ1) is 31.9. The molecule has 246 valence electrons. The lowest BCUT2D eigenvalue weighted by Gasteiger charge is -2.37. The average Bonchev–Trinajstić information content (AvgIpc) is 3.82. The van der Waals surface area contributed by atoms with Gasteiger partial charge in [-0.3, -0.25) is 9.69 Å². The molecular weight excluding hydrogens is 603 g/mol. The van der Waals surface area contributed by atoms with E-state index in [0.717, 1.165) is 85.8 Å². The number of piperazine rings is 1. The van der Waals surface area contributed by atoms with Crippen LogP contribution in [0.4, 0.5) is 24.9 Å². The van der Waals surface area contributed by atoms with Gasteiger partial charge in [0, 0.05) is 43.9 Å². The van der Waals surface area contributed by atoms with Crippen LogP contribution in [0.5, 0.6) is 11.5 Å². The zero-order valence-electron chi connectivity index (χ0n) is 25.7. The van der Waals surface area contributed by atoms with Crippen LogP contribution in [0, 0.1) is 11.8 Å². The summed E-state index contributed by atoms with van der Waals surface area (Å²) < 4.78 is 58.1. The van der Waals surface area contributed by atoms with E-state index in [9.17, 15) is 18.0 Å². The van der Waals surface area contributed by atoms with Crippen molar-refractivity contribution < 1.29 is 36.9 Å². The SMILES string of the molecule is CCOC(=O)C1CC1COCCN1CCN(c2nc(N)nc3c2CCc2cc(OCc4ccc(OC(F)(F)F)cc4)ccc2-3)CC1. The molecule has 2 aromatic carbocycles. The summed E-state index contributed by atoms with van der Waals surface area (Å²) in [6.07, 6.45) is -2.31. The van der Waals surface area contributed by atoms with Gasteiger partial charge in [0.25, 0.3) is 0 Å². The fraction of sp³-hybridized carbons (Fsp3) is 0.485. The summed E-state index contributed by atoms with van der Waals surface area (Å²) in [5, 5.41) is 0. The molecule has 46 heavy (non-hydrogen) atoms. The molecule has 1 saturated heterocycles. The van der Waals surface area contributed by atoms with Crippen LogP contribution in [-0.4, -0.2) is 79.7 Å². The van der Waals surface area contributed by atoms with E-state index in [1.165, 1.54) is 12.1 Å². The van der Waals surface area contributed by atoms with E-state index in [4.69, 9.17) is 19.9 Å². The van der Waals surface area contributed by atoms with Crippen LogP contribution in [0.3, 0.4) is 0 Å². The Balaban J connectivity index is 1.02. The Morgan fingerprint density at radius 1 is 1.02 bits per heavy atom. The summed E-state index contributed by atoms with van der Waals surface area (Å²) >= 11 is 0. The third kappa shape index (κ3) is 7.81. The number of aromatic nitrogens is 2. The Morgan fingerprint density at radius 2 is 1.78 bits per heavy atom. The van der Waals surface area contributed by atoms with Crippen LogP contribution >= 0.6 is 0 Å². The number of fused-ring (bicyclic) bond motifs is 3. The molecule has 2 aliphatic carbocycles. The number of anilines is 2. The molecule has 10 nitrogen and oxygen atoms in total. The Morgan fingerprint density at radius 3 is 2.52 bits per heavy atom. The molecule has 2 N–H and O–H groups in total. The van der Waals surface area contributed by atoms with Crippen LogP contribution in [0.1, 0.15) is 30.0 Å². The number of nitrogen functional groups attached to an aromatic ring is 1. The second-order valence-electron chi connectivity index (χ2n) is 11.8. The second-order valence-corrected chi connectivity index (χ2v) is 11.8. The van der Waals surface area contributed by atoms with Crippen LogP contribution in [0.25, 0.3) is 11.3 Å². The number of esters is 1. The number of carbonyl (C=O) groups is 1. The maximum Gasteiger partial charge on any atom is 0.573 e. The van der Waals surface area contributed by atoms with Crippen molar-refractivity contribution in [1.82, 2.24) is 14.9 Å². The summed E-state index contributed by atoms with van der Waals surface area (Å²) in [5.41, 5.74) is 11.0. The van der Waals surface area contributed by atoms with Gasteiger partial charge in [-0.05, 0) is 73.6 Å². The molecule has 0 spiro atoms. The van der Waals surface area contributed by atoms with Gasteiger partial charge >= 0.3 is 12.3 Å². The number of hydrogen-bond acceptors (Lipinski definition) is 10. The minimum Gasteiger partial charge on any atom is -0.489 e. The largest absolute Gasteiger partial charge is 0.573 e. The molecule has 2 unspecified atom stereocenters. The molecule has 2 fully saturated rings. The number of nitrogens with zero attached hydrogens (tertiary/aromatic N) is 4. The van der Waals surface area contributed by atoms with Gasteiger partial charge in [-0.1, -0.05) is 12.1 Å². The number of ether oxygens (including phenoxy) is 4. The van der Waals surface area contributed by atoms with Crippen molar-refractivity contribution in [3.8, 4) is 22.8 Å². The predicted octanol–water partition coefficient (Wildman–Crippen LogP) is 4.64. The van der Waals surface area contributed by atoms with Gasteiger partial charge in [-0.25, -0.2) is 4.98 Å². The van der Waals surface area contributed by atoms with E-state index >= 15 is 0 Å². The number of rotatable bonds is 12. The minimum atomic E-state index is -4.73. The highest BCUT2D eigenvalue weighted by Crippen LogP contribution is 2.40. The molecule has 3 aliphatic rings. The Bertz CT molecular complexity index is 1530. The van der Waals surface area contributed by atoms with Gasteiger partial charge in [-0.15, -0.1) is 13.2 Å². The number of halogens is 3. The summed E-state index contributed by atoms with van der Waals surface area (Å²) in [4.78, 5) is 25.8. The molecule has 0 amide bonds.